The van der Waals surface area contributed by atoms with Crippen LogP contribution in [-0.4, -0.2) is 18.0 Å². The Bertz CT molecular complexity index is 1520. The van der Waals surface area contributed by atoms with E-state index in [1.54, 1.807) is 25.3 Å². The van der Waals surface area contributed by atoms with Crippen molar-refractivity contribution in [3.05, 3.63) is 95.0 Å². The SMILES string of the molecule is COc1ccc(Br)cc1/C=C/C(=O)Nc1ccc2oc(-c3ccc4ccccc4c3)nc2c1. The van der Waals surface area contributed by atoms with Gasteiger partial charge in [-0.15, -0.1) is 0 Å². The zero-order valence-corrected chi connectivity index (χ0v) is 19.3. The fourth-order valence-corrected chi connectivity index (χ4v) is 4.01. The van der Waals surface area contributed by atoms with Crippen molar-refractivity contribution in [2.24, 2.45) is 0 Å². The lowest BCUT2D eigenvalue weighted by atomic mass is 10.1. The van der Waals surface area contributed by atoms with Gasteiger partial charge in [0.1, 0.15) is 11.3 Å². The van der Waals surface area contributed by atoms with Crippen LogP contribution in [-0.2, 0) is 4.79 Å². The third kappa shape index (κ3) is 4.52. The molecule has 33 heavy (non-hydrogen) atoms. The Balaban J connectivity index is 1.36. The Morgan fingerprint density at radius 2 is 1.85 bits per heavy atom. The predicted octanol–water partition coefficient (Wildman–Crippen LogP) is 7.07. The highest BCUT2D eigenvalue weighted by Gasteiger charge is 2.10. The van der Waals surface area contributed by atoms with Crippen LogP contribution in [0.25, 0.3) is 39.4 Å². The molecule has 1 heterocycles. The summed E-state index contributed by atoms with van der Waals surface area (Å²) in [6.07, 6.45) is 3.18. The average molecular weight is 499 g/mol. The highest BCUT2D eigenvalue weighted by molar-refractivity contribution is 9.10. The molecule has 4 aromatic carbocycles. The second-order valence-electron chi connectivity index (χ2n) is 7.47. The number of hydrogen-bond donors (Lipinski definition) is 1. The second kappa shape index (κ2) is 8.92. The molecular weight excluding hydrogens is 480 g/mol. The van der Waals surface area contributed by atoms with Crippen LogP contribution in [0.2, 0.25) is 0 Å². The van der Waals surface area contributed by atoms with Crippen molar-refractivity contribution in [3.8, 4) is 17.2 Å². The minimum absolute atomic E-state index is 0.255. The van der Waals surface area contributed by atoms with Crippen molar-refractivity contribution in [2.45, 2.75) is 0 Å². The lowest BCUT2D eigenvalue weighted by molar-refractivity contribution is -0.111. The number of methoxy groups -OCH3 is 1. The van der Waals surface area contributed by atoms with Gasteiger partial charge in [-0.3, -0.25) is 4.79 Å². The number of carbonyl (C=O) groups is 1. The summed E-state index contributed by atoms with van der Waals surface area (Å²) in [5.74, 6) is 0.975. The smallest absolute Gasteiger partial charge is 0.248 e. The summed E-state index contributed by atoms with van der Waals surface area (Å²) in [6.45, 7) is 0. The molecule has 0 radical (unpaired) electrons. The van der Waals surface area contributed by atoms with Crippen LogP contribution < -0.4 is 10.1 Å². The number of hydrogen-bond acceptors (Lipinski definition) is 4. The van der Waals surface area contributed by atoms with Crippen molar-refractivity contribution < 1.29 is 13.9 Å². The minimum atomic E-state index is -0.255. The van der Waals surface area contributed by atoms with E-state index in [1.807, 2.05) is 42.5 Å². The molecule has 0 atom stereocenters. The number of amides is 1. The van der Waals surface area contributed by atoms with E-state index in [4.69, 9.17) is 9.15 Å². The van der Waals surface area contributed by atoms with Crippen LogP contribution >= 0.6 is 15.9 Å². The molecular formula is C27H19BrN2O3. The predicted molar refractivity (Wildman–Crippen MR) is 135 cm³/mol. The highest BCUT2D eigenvalue weighted by Crippen LogP contribution is 2.29. The Labute approximate surface area is 198 Å². The molecule has 0 saturated carbocycles. The van der Waals surface area contributed by atoms with E-state index >= 15 is 0 Å². The maximum atomic E-state index is 12.5. The molecule has 5 rings (SSSR count). The third-order valence-electron chi connectivity index (χ3n) is 5.26. The molecule has 1 amide bonds. The summed E-state index contributed by atoms with van der Waals surface area (Å²) in [5.41, 5.74) is 3.67. The molecule has 0 spiro atoms. The number of nitrogens with zero attached hydrogens (tertiary/aromatic N) is 1. The Hall–Kier alpha value is -3.90. The number of halogens is 1. The number of fused-ring (bicyclic) bond motifs is 2. The molecule has 0 aliphatic heterocycles. The molecule has 1 aromatic heterocycles. The maximum absolute atomic E-state index is 12.5. The van der Waals surface area contributed by atoms with Gasteiger partial charge < -0.3 is 14.5 Å². The van der Waals surface area contributed by atoms with Crippen LogP contribution in [0.5, 0.6) is 5.75 Å². The molecule has 5 nitrogen and oxygen atoms in total. The number of anilines is 1. The lowest BCUT2D eigenvalue weighted by Gasteiger charge is -2.05. The van der Waals surface area contributed by atoms with Crippen molar-refractivity contribution in [2.75, 3.05) is 12.4 Å². The zero-order chi connectivity index (χ0) is 22.8. The van der Waals surface area contributed by atoms with Gasteiger partial charge in [-0.2, -0.15) is 0 Å². The van der Waals surface area contributed by atoms with E-state index in [-0.39, 0.29) is 5.91 Å². The fraction of sp³-hybridized carbons (Fsp3) is 0.0370. The van der Waals surface area contributed by atoms with E-state index in [1.165, 1.54) is 6.08 Å². The van der Waals surface area contributed by atoms with Crippen molar-refractivity contribution in [1.29, 1.82) is 0 Å². The van der Waals surface area contributed by atoms with Crippen molar-refractivity contribution >= 4 is 55.5 Å². The summed E-state index contributed by atoms with van der Waals surface area (Å²) < 4.78 is 12.2. The Morgan fingerprint density at radius 3 is 2.70 bits per heavy atom. The van der Waals surface area contributed by atoms with Gasteiger partial charge in [0.25, 0.3) is 0 Å². The van der Waals surface area contributed by atoms with Crippen LogP contribution in [0.15, 0.2) is 93.8 Å². The first kappa shape index (κ1) is 21.0. The summed E-state index contributed by atoms with van der Waals surface area (Å²) in [7, 11) is 1.60. The van der Waals surface area contributed by atoms with Gasteiger partial charge in [0.2, 0.25) is 11.8 Å². The van der Waals surface area contributed by atoms with Crippen molar-refractivity contribution in [1.82, 2.24) is 4.98 Å². The molecule has 1 N–H and O–H groups in total. The van der Waals surface area contributed by atoms with Gasteiger partial charge in [-0.05, 0) is 65.4 Å². The quantitative estimate of drug-likeness (QED) is 0.263. The van der Waals surface area contributed by atoms with E-state index in [2.05, 4.69) is 50.5 Å². The number of rotatable bonds is 5. The molecule has 0 aliphatic rings. The number of carbonyl (C=O) groups excluding carboxylic acids is 1. The van der Waals surface area contributed by atoms with Gasteiger partial charge in [0.15, 0.2) is 5.58 Å². The number of benzene rings is 4. The van der Waals surface area contributed by atoms with Gasteiger partial charge in [0.05, 0.1) is 7.11 Å². The number of nitrogens with one attached hydrogen (secondary N) is 1. The number of aromatic nitrogens is 1. The normalized spacial score (nSPS) is 11.3. The first-order valence-corrected chi connectivity index (χ1v) is 11.1. The standard InChI is InChI=1S/C27H19BrN2O3/c1-32-24-11-9-21(28)15-19(24)8-13-26(31)29-22-10-12-25-23(16-22)30-27(33-25)20-7-6-17-4-2-3-5-18(17)14-20/h2-16H,1H3,(H,29,31)/b13-8+. The van der Waals surface area contributed by atoms with Gasteiger partial charge >= 0.3 is 0 Å². The topological polar surface area (TPSA) is 64.4 Å². The third-order valence-corrected chi connectivity index (χ3v) is 5.75. The molecule has 5 aromatic rings. The van der Waals surface area contributed by atoms with Gasteiger partial charge in [-0.25, -0.2) is 4.98 Å². The fourth-order valence-electron chi connectivity index (χ4n) is 3.64. The first-order valence-electron chi connectivity index (χ1n) is 10.3. The summed E-state index contributed by atoms with van der Waals surface area (Å²) >= 11 is 3.43. The van der Waals surface area contributed by atoms with Crippen LogP contribution in [0.3, 0.4) is 0 Å². The van der Waals surface area contributed by atoms with Gasteiger partial charge in [0, 0.05) is 27.4 Å². The second-order valence-corrected chi connectivity index (χ2v) is 8.39. The monoisotopic (exact) mass is 498 g/mol. The van der Waals surface area contributed by atoms with Crippen LogP contribution in [0.4, 0.5) is 5.69 Å². The first-order chi connectivity index (χ1) is 16.1. The van der Waals surface area contributed by atoms with E-state index in [0.29, 0.717) is 28.4 Å². The number of ether oxygens (including phenoxy) is 1. The van der Waals surface area contributed by atoms with E-state index in [9.17, 15) is 4.79 Å². The molecule has 0 saturated heterocycles. The molecule has 0 bridgehead atoms. The van der Waals surface area contributed by atoms with E-state index < -0.39 is 0 Å². The highest BCUT2D eigenvalue weighted by atomic mass is 79.9. The molecule has 0 unspecified atom stereocenters. The molecule has 6 heteroatoms. The Morgan fingerprint density at radius 1 is 1.00 bits per heavy atom. The zero-order valence-electron chi connectivity index (χ0n) is 17.7. The van der Waals surface area contributed by atoms with Crippen molar-refractivity contribution in [3.63, 3.8) is 0 Å². The van der Waals surface area contributed by atoms with Gasteiger partial charge in [-0.1, -0.05) is 46.3 Å². The average Bonchev–Trinajstić information content (AvgIpc) is 3.26. The summed E-state index contributed by atoms with van der Waals surface area (Å²) in [5, 5.41) is 5.16. The molecule has 0 aliphatic carbocycles. The van der Waals surface area contributed by atoms with Crippen LogP contribution in [0.1, 0.15) is 5.56 Å². The molecule has 162 valence electrons. The van der Waals surface area contributed by atoms with Crippen LogP contribution in [0, 0.1) is 0 Å². The lowest BCUT2D eigenvalue weighted by Crippen LogP contribution is -2.07. The minimum Gasteiger partial charge on any atom is -0.496 e. The maximum Gasteiger partial charge on any atom is 0.248 e. The summed E-state index contributed by atoms with van der Waals surface area (Å²) in [4.78, 5) is 17.1. The number of oxazole rings is 1. The van der Waals surface area contributed by atoms with E-state index in [0.717, 1.165) is 26.4 Å². The molecule has 0 fully saturated rings. The largest absolute Gasteiger partial charge is 0.496 e. The summed E-state index contributed by atoms with van der Waals surface area (Å²) in [6, 6.07) is 25.3. The Kier molecular flexibility index (Phi) is 5.67.